The molecule has 2 saturated carbocycles. The molecule has 0 unspecified atom stereocenters. The predicted molar refractivity (Wildman–Crippen MR) is 73.5 cm³/mol. The van der Waals surface area contributed by atoms with Gasteiger partial charge in [0, 0.05) is 17.4 Å². The molecule has 0 heterocycles. The van der Waals surface area contributed by atoms with E-state index in [1.807, 2.05) is 0 Å². The summed E-state index contributed by atoms with van der Waals surface area (Å²) in [6.07, 6.45) is 12.8. The summed E-state index contributed by atoms with van der Waals surface area (Å²) in [6.45, 7) is 2.10. The Morgan fingerprint density at radius 2 is 1.61 bits per heavy atom. The van der Waals surface area contributed by atoms with Crippen LogP contribution < -0.4 is 0 Å². The molecule has 2 rings (SSSR count). The maximum Gasteiger partial charge on any atom is 0.162 e. The molecule has 0 aliphatic heterocycles. The van der Waals surface area contributed by atoms with Crippen molar-refractivity contribution in [1.82, 2.24) is 0 Å². The maximum atomic E-state index is 12.2. The van der Waals surface area contributed by atoms with Crippen molar-refractivity contribution in [1.29, 1.82) is 0 Å². The lowest BCUT2D eigenvalue weighted by Gasteiger charge is -2.33. The molecule has 0 saturated heterocycles. The Bertz CT molecular complexity index is 318. The Balaban J connectivity index is 1.99. The van der Waals surface area contributed by atoms with Gasteiger partial charge in [0.2, 0.25) is 0 Å². The van der Waals surface area contributed by atoms with E-state index in [0.717, 1.165) is 25.7 Å². The molecule has 2 aliphatic rings. The first-order valence-corrected chi connectivity index (χ1v) is 7.57. The molecule has 0 aromatic heterocycles. The van der Waals surface area contributed by atoms with E-state index in [1.54, 1.807) is 6.08 Å². The van der Waals surface area contributed by atoms with E-state index >= 15 is 0 Å². The lowest BCUT2D eigenvalue weighted by atomic mass is 9.73. The largest absolute Gasteiger partial charge is 0.512 e. The van der Waals surface area contributed by atoms with Crippen LogP contribution >= 0.6 is 0 Å². The normalized spacial score (nSPS) is 25.9. The third kappa shape index (κ3) is 3.15. The van der Waals surface area contributed by atoms with Crippen molar-refractivity contribution in [2.45, 2.75) is 71.1 Å². The molecule has 2 aliphatic carbocycles. The Kier molecular flexibility index (Phi) is 4.47. The molecule has 0 amide bonds. The Morgan fingerprint density at radius 1 is 1.06 bits per heavy atom. The van der Waals surface area contributed by atoms with Crippen LogP contribution in [0.15, 0.2) is 11.8 Å². The predicted octanol–water partition coefficient (Wildman–Crippen LogP) is 4.55. The van der Waals surface area contributed by atoms with Crippen molar-refractivity contribution in [3.05, 3.63) is 11.8 Å². The maximum absolute atomic E-state index is 12.2. The summed E-state index contributed by atoms with van der Waals surface area (Å²) >= 11 is 0. The van der Waals surface area contributed by atoms with Crippen molar-refractivity contribution in [3.63, 3.8) is 0 Å². The highest BCUT2D eigenvalue weighted by Gasteiger charge is 2.32. The molecule has 2 fully saturated rings. The number of hydrogen-bond donors (Lipinski definition) is 1. The first kappa shape index (κ1) is 13.6. The van der Waals surface area contributed by atoms with E-state index in [2.05, 4.69) is 6.92 Å². The minimum atomic E-state index is -0.136. The minimum absolute atomic E-state index is 0.136. The zero-order valence-electron chi connectivity index (χ0n) is 11.6. The van der Waals surface area contributed by atoms with Crippen LogP contribution in [0.25, 0.3) is 0 Å². The monoisotopic (exact) mass is 250 g/mol. The van der Waals surface area contributed by atoms with Crippen molar-refractivity contribution < 1.29 is 9.90 Å². The van der Waals surface area contributed by atoms with Gasteiger partial charge < -0.3 is 5.11 Å². The standard InChI is InChI=1S/C16H26O2/c1-16(10-6-3-7-11-16)15(18)12-14(17)13-8-4-2-5-9-13/h12-13,18H,2-11H2,1H3. The summed E-state index contributed by atoms with van der Waals surface area (Å²) in [6, 6.07) is 0. The lowest BCUT2D eigenvalue weighted by molar-refractivity contribution is -0.119. The topological polar surface area (TPSA) is 37.3 Å². The number of aliphatic hydroxyl groups is 1. The number of allylic oxidation sites excluding steroid dienone is 2. The van der Waals surface area contributed by atoms with Crippen molar-refractivity contribution in [3.8, 4) is 0 Å². The quantitative estimate of drug-likeness (QED) is 0.589. The molecular formula is C16H26O2. The lowest BCUT2D eigenvalue weighted by Crippen LogP contribution is -2.24. The van der Waals surface area contributed by atoms with E-state index in [4.69, 9.17) is 0 Å². The summed E-state index contributed by atoms with van der Waals surface area (Å²) < 4.78 is 0. The molecule has 0 atom stereocenters. The highest BCUT2D eigenvalue weighted by Crippen LogP contribution is 2.41. The SMILES string of the molecule is CC1(C(O)=CC(=O)C2CCCCC2)CCCCC1. The summed E-state index contributed by atoms with van der Waals surface area (Å²) in [7, 11) is 0. The third-order valence-corrected chi connectivity index (χ3v) is 4.86. The highest BCUT2D eigenvalue weighted by atomic mass is 16.3. The van der Waals surface area contributed by atoms with Gasteiger partial charge in [-0.2, -0.15) is 0 Å². The van der Waals surface area contributed by atoms with Gasteiger partial charge in [-0.25, -0.2) is 0 Å². The smallest absolute Gasteiger partial charge is 0.162 e. The van der Waals surface area contributed by atoms with Crippen molar-refractivity contribution >= 4 is 5.78 Å². The van der Waals surface area contributed by atoms with Gasteiger partial charge in [-0.1, -0.05) is 45.4 Å². The van der Waals surface area contributed by atoms with Crippen LogP contribution in [0.4, 0.5) is 0 Å². The van der Waals surface area contributed by atoms with E-state index in [1.165, 1.54) is 38.5 Å². The van der Waals surface area contributed by atoms with Crippen LogP contribution in [0.5, 0.6) is 0 Å². The number of carbonyl (C=O) groups excluding carboxylic acids is 1. The number of ketones is 1. The second kappa shape index (κ2) is 5.90. The van der Waals surface area contributed by atoms with Crippen LogP contribution in [0.2, 0.25) is 0 Å². The Morgan fingerprint density at radius 3 is 2.22 bits per heavy atom. The molecule has 2 nitrogen and oxygen atoms in total. The summed E-state index contributed by atoms with van der Waals surface area (Å²) in [5.41, 5.74) is -0.136. The zero-order valence-corrected chi connectivity index (χ0v) is 11.6. The van der Waals surface area contributed by atoms with Gasteiger partial charge in [0.25, 0.3) is 0 Å². The van der Waals surface area contributed by atoms with Gasteiger partial charge in [0.1, 0.15) is 5.76 Å². The van der Waals surface area contributed by atoms with Crippen LogP contribution in [-0.2, 0) is 4.79 Å². The molecular weight excluding hydrogens is 224 g/mol. The Hall–Kier alpha value is -0.790. The minimum Gasteiger partial charge on any atom is -0.512 e. The molecule has 0 radical (unpaired) electrons. The van der Waals surface area contributed by atoms with E-state index in [9.17, 15) is 9.90 Å². The zero-order chi connectivity index (χ0) is 13.0. The molecule has 2 heteroatoms. The fourth-order valence-corrected chi connectivity index (χ4v) is 3.40. The van der Waals surface area contributed by atoms with Gasteiger partial charge in [0.15, 0.2) is 5.78 Å². The van der Waals surface area contributed by atoms with Gasteiger partial charge in [-0.15, -0.1) is 0 Å². The van der Waals surface area contributed by atoms with Crippen LogP contribution in [0.3, 0.4) is 0 Å². The first-order chi connectivity index (χ1) is 8.62. The summed E-state index contributed by atoms with van der Waals surface area (Å²) in [5.74, 6) is 0.685. The molecule has 0 bridgehead atoms. The fraction of sp³-hybridized carbons (Fsp3) is 0.812. The summed E-state index contributed by atoms with van der Waals surface area (Å²) in [5, 5.41) is 10.3. The van der Waals surface area contributed by atoms with E-state index in [0.29, 0.717) is 5.76 Å². The van der Waals surface area contributed by atoms with Crippen LogP contribution in [-0.4, -0.2) is 10.9 Å². The fourth-order valence-electron chi connectivity index (χ4n) is 3.40. The number of carbonyl (C=O) groups is 1. The van der Waals surface area contributed by atoms with Crippen molar-refractivity contribution in [2.24, 2.45) is 11.3 Å². The molecule has 18 heavy (non-hydrogen) atoms. The van der Waals surface area contributed by atoms with Crippen LogP contribution in [0, 0.1) is 11.3 Å². The first-order valence-electron chi connectivity index (χ1n) is 7.57. The van der Waals surface area contributed by atoms with Gasteiger partial charge >= 0.3 is 0 Å². The molecule has 0 aromatic rings. The number of hydrogen-bond acceptors (Lipinski definition) is 2. The van der Waals surface area contributed by atoms with E-state index < -0.39 is 0 Å². The van der Waals surface area contributed by atoms with Crippen LogP contribution in [0.1, 0.15) is 71.1 Å². The Labute approximate surface area is 110 Å². The van der Waals surface area contributed by atoms with Gasteiger partial charge in [-0.3, -0.25) is 4.79 Å². The van der Waals surface area contributed by atoms with E-state index in [-0.39, 0.29) is 17.1 Å². The average molecular weight is 250 g/mol. The number of aliphatic hydroxyl groups excluding tert-OH is 1. The number of rotatable bonds is 3. The highest BCUT2D eigenvalue weighted by molar-refractivity contribution is 5.92. The second-order valence-corrected chi connectivity index (χ2v) is 6.39. The average Bonchev–Trinajstić information content (AvgIpc) is 2.40. The van der Waals surface area contributed by atoms with Gasteiger partial charge in [0.05, 0.1) is 0 Å². The molecule has 102 valence electrons. The van der Waals surface area contributed by atoms with Crippen molar-refractivity contribution in [2.75, 3.05) is 0 Å². The molecule has 1 N–H and O–H groups in total. The molecule has 0 aromatic carbocycles. The summed E-state index contributed by atoms with van der Waals surface area (Å²) in [4.78, 5) is 12.2. The second-order valence-electron chi connectivity index (χ2n) is 6.39. The van der Waals surface area contributed by atoms with Gasteiger partial charge in [-0.05, 0) is 25.7 Å². The molecule has 0 spiro atoms. The third-order valence-electron chi connectivity index (χ3n) is 4.86.